The molecule has 12 nitrogen and oxygen atoms in total. The summed E-state index contributed by atoms with van der Waals surface area (Å²) >= 11 is 0. The number of carbonyl (C=O) groups excluding carboxylic acids is 1. The molecule has 2 aliphatic heterocycles. The second kappa shape index (κ2) is 10.9. The zero-order valence-corrected chi connectivity index (χ0v) is 23.8. The van der Waals surface area contributed by atoms with E-state index in [-0.39, 0.29) is 24.0 Å². The largest absolute Gasteiger partial charge is 0.451 e. The highest BCUT2D eigenvalue weighted by molar-refractivity contribution is 5.92. The van der Waals surface area contributed by atoms with Crippen LogP contribution in [0.2, 0.25) is 0 Å². The number of amides is 1. The smallest absolute Gasteiger partial charge is 0.346 e. The lowest BCUT2D eigenvalue weighted by Gasteiger charge is -2.52. The number of nitriles is 1. The molecule has 15 heteroatoms. The molecule has 0 spiro atoms. The molecule has 4 aromatic heterocycles. The van der Waals surface area contributed by atoms with Crippen molar-refractivity contribution in [1.29, 1.82) is 5.26 Å². The van der Waals surface area contributed by atoms with E-state index in [0.717, 1.165) is 54.6 Å². The van der Waals surface area contributed by atoms with Crippen molar-refractivity contribution in [3.63, 3.8) is 0 Å². The summed E-state index contributed by atoms with van der Waals surface area (Å²) in [6.45, 7) is 3.77. The van der Waals surface area contributed by atoms with Crippen LogP contribution in [0.25, 0.3) is 22.3 Å². The summed E-state index contributed by atoms with van der Waals surface area (Å²) in [6.07, 6.45) is 5.03. The Morgan fingerprint density at radius 1 is 1.11 bits per heavy atom. The maximum atomic E-state index is 13.5. The summed E-state index contributed by atoms with van der Waals surface area (Å²) in [4.78, 5) is 38.2. The van der Waals surface area contributed by atoms with Gasteiger partial charge in [0.1, 0.15) is 17.7 Å². The third-order valence-electron chi connectivity index (χ3n) is 9.04. The molecule has 6 heterocycles. The van der Waals surface area contributed by atoms with Crippen molar-refractivity contribution in [1.82, 2.24) is 49.4 Å². The fraction of sp³-hybridized carbons (Fsp3) is 0.483. The van der Waals surface area contributed by atoms with Gasteiger partial charge in [-0.3, -0.25) is 19.3 Å². The molecule has 3 fully saturated rings. The number of piperazine rings is 1. The van der Waals surface area contributed by atoms with E-state index in [4.69, 9.17) is 0 Å². The molecular weight excluding hydrogens is 575 g/mol. The predicted octanol–water partition coefficient (Wildman–Crippen LogP) is 3.07. The van der Waals surface area contributed by atoms with Crippen LogP contribution >= 0.6 is 0 Å². The Morgan fingerprint density at radius 3 is 2.61 bits per heavy atom. The molecule has 1 amide bonds. The van der Waals surface area contributed by atoms with Crippen LogP contribution in [0, 0.1) is 11.3 Å². The molecule has 3 aliphatic rings. The second-order valence-electron chi connectivity index (χ2n) is 11.8. The standard InChI is InChI=1S/C29H30F3N11O/c30-29(31,32)27-38-20(17-40-6-1-7-40)12-23(39-27)26(44)42-10-8-41(9-11-42)21-13-28(14-21,3-4-33)43-16-19(15-37-43)24-22-2-5-34-25(22)36-18-35-24/h2,5,12,15-16,18,21H,1,3,6-11,13-14,17H2,(H,34,35,36). The summed E-state index contributed by atoms with van der Waals surface area (Å²) in [7, 11) is 0. The number of hydrogen-bond acceptors (Lipinski definition) is 9. The summed E-state index contributed by atoms with van der Waals surface area (Å²) in [5, 5.41) is 15.2. The van der Waals surface area contributed by atoms with E-state index in [1.165, 1.54) is 12.4 Å². The summed E-state index contributed by atoms with van der Waals surface area (Å²) in [6, 6.07) is 5.84. The zero-order valence-electron chi connectivity index (χ0n) is 23.8. The van der Waals surface area contributed by atoms with Gasteiger partial charge in [-0.25, -0.2) is 19.9 Å². The molecule has 4 aromatic rings. The van der Waals surface area contributed by atoms with Crippen molar-refractivity contribution in [2.75, 3.05) is 39.3 Å². The molecular formula is C29H30F3N11O. The monoisotopic (exact) mass is 605 g/mol. The number of aromatic nitrogens is 7. The second-order valence-corrected chi connectivity index (χ2v) is 11.8. The number of fused-ring (bicyclic) bond motifs is 1. The SMILES string of the molecule is N#CCC1(n2cc(-c3ncnc4[nH]ccc34)cn2)CC(N2CCN(C(=O)c3cc(CN4CCC4)nc(C(F)(F)F)n3)CC2)C1. The Balaban J connectivity index is 1.01. The molecule has 1 aliphatic carbocycles. The van der Waals surface area contributed by atoms with Crippen molar-refractivity contribution in [3.05, 3.63) is 54.3 Å². The van der Waals surface area contributed by atoms with Gasteiger partial charge in [0, 0.05) is 62.1 Å². The molecule has 228 valence electrons. The number of carbonyl (C=O) groups is 1. The minimum absolute atomic E-state index is 0.197. The number of H-pyrrole nitrogens is 1. The third kappa shape index (κ3) is 5.17. The van der Waals surface area contributed by atoms with Crippen molar-refractivity contribution < 1.29 is 18.0 Å². The number of nitrogens with one attached hydrogen (secondary N) is 1. The van der Waals surface area contributed by atoms with E-state index >= 15 is 0 Å². The first kappa shape index (κ1) is 28.4. The molecule has 1 saturated carbocycles. The number of alkyl halides is 3. The van der Waals surface area contributed by atoms with Gasteiger partial charge >= 0.3 is 6.18 Å². The third-order valence-corrected chi connectivity index (χ3v) is 9.04. The van der Waals surface area contributed by atoms with E-state index in [2.05, 4.69) is 41.0 Å². The van der Waals surface area contributed by atoms with Crippen LogP contribution in [0.1, 0.15) is 47.7 Å². The maximum absolute atomic E-state index is 13.5. The highest BCUT2D eigenvalue weighted by Crippen LogP contribution is 2.45. The number of likely N-dealkylation sites (tertiary alicyclic amines) is 1. The Labute approximate surface area is 250 Å². The van der Waals surface area contributed by atoms with E-state index in [1.807, 2.05) is 28.0 Å². The molecule has 0 radical (unpaired) electrons. The van der Waals surface area contributed by atoms with Crippen LogP contribution in [0.4, 0.5) is 13.2 Å². The normalized spacial score (nSPS) is 22.9. The Kier molecular flexibility index (Phi) is 7.05. The van der Waals surface area contributed by atoms with Crippen molar-refractivity contribution in [2.45, 2.75) is 50.0 Å². The molecule has 1 N–H and O–H groups in total. The molecule has 0 unspecified atom stereocenters. The van der Waals surface area contributed by atoms with Gasteiger partial charge in [0.05, 0.1) is 35.6 Å². The summed E-state index contributed by atoms with van der Waals surface area (Å²) in [5.74, 6) is -1.79. The lowest BCUT2D eigenvalue weighted by molar-refractivity contribution is -0.145. The van der Waals surface area contributed by atoms with Gasteiger partial charge in [-0.2, -0.15) is 23.5 Å². The summed E-state index contributed by atoms with van der Waals surface area (Å²) < 4.78 is 42.5. The number of aromatic amines is 1. The Hall–Kier alpha value is -4.42. The fourth-order valence-corrected chi connectivity index (χ4v) is 6.48. The van der Waals surface area contributed by atoms with E-state index in [1.54, 1.807) is 11.1 Å². The first-order valence-electron chi connectivity index (χ1n) is 14.6. The lowest BCUT2D eigenvalue weighted by atomic mass is 9.70. The zero-order chi connectivity index (χ0) is 30.5. The highest BCUT2D eigenvalue weighted by Gasteiger charge is 2.49. The minimum Gasteiger partial charge on any atom is -0.346 e. The van der Waals surface area contributed by atoms with Gasteiger partial charge in [-0.15, -0.1) is 0 Å². The quantitative estimate of drug-likeness (QED) is 0.337. The van der Waals surface area contributed by atoms with Crippen molar-refractivity contribution in [2.24, 2.45) is 0 Å². The van der Waals surface area contributed by atoms with Crippen LogP contribution in [-0.2, 0) is 18.3 Å². The minimum atomic E-state index is -4.74. The van der Waals surface area contributed by atoms with Crippen LogP contribution in [0.5, 0.6) is 0 Å². The van der Waals surface area contributed by atoms with Crippen LogP contribution in [-0.4, -0.2) is 101 Å². The topological polar surface area (TPSA) is 136 Å². The van der Waals surface area contributed by atoms with Crippen LogP contribution in [0.15, 0.2) is 37.1 Å². The van der Waals surface area contributed by atoms with Gasteiger partial charge in [-0.1, -0.05) is 0 Å². The Bertz CT molecular complexity index is 1720. The molecule has 0 atom stereocenters. The van der Waals surface area contributed by atoms with E-state index in [9.17, 15) is 23.2 Å². The number of rotatable bonds is 7. The van der Waals surface area contributed by atoms with Crippen molar-refractivity contribution in [3.8, 4) is 17.3 Å². The van der Waals surface area contributed by atoms with Gasteiger partial charge in [0.25, 0.3) is 5.91 Å². The molecule has 44 heavy (non-hydrogen) atoms. The first-order chi connectivity index (χ1) is 21.2. The van der Waals surface area contributed by atoms with Gasteiger partial charge < -0.3 is 9.88 Å². The van der Waals surface area contributed by atoms with Crippen molar-refractivity contribution >= 4 is 16.9 Å². The molecule has 0 bridgehead atoms. The number of hydrogen-bond donors (Lipinski definition) is 1. The molecule has 7 rings (SSSR count). The molecule has 0 aromatic carbocycles. The molecule has 2 saturated heterocycles. The lowest BCUT2D eigenvalue weighted by Crippen LogP contribution is -2.60. The van der Waals surface area contributed by atoms with Crippen LogP contribution < -0.4 is 0 Å². The number of halogens is 3. The average Bonchev–Trinajstić information content (AvgIpc) is 3.66. The predicted molar refractivity (Wildman–Crippen MR) is 151 cm³/mol. The van der Waals surface area contributed by atoms with Gasteiger partial charge in [-0.05, 0) is 44.5 Å². The van der Waals surface area contributed by atoms with E-state index in [0.29, 0.717) is 32.6 Å². The van der Waals surface area contributed by atoms with E-state index < -0.39 is 23.4 Å². The first-order valence-corrected chi connectivity index (χ1v) is 14.6. The maximum Gasteiger partial charge on any atom is 0.451 e. The highest BCUT2D eigenvalue weighted by atomic mass is 19.4. The summed E-state index contributed by atoms with van der Waals surface area (Å²) in [5.41, 5.74) is 1.89. The number of nitrogens with zero attached hydrogens (tertiary/aromatic N) is 10. The Morgan fingerprint density at radius 2 is 1.91 bits per heavy atom. The van der Waals surface area contributed by atoms with Crippen LogP contribution in [0.3, 0.4) is 0 Å². The van der Waals surface area contributed by atoms with Gasteiger partial charge in [0.2, 0.25) is 5.82 Å². The average molecular weight is 606 g/mol. The fourth-order valence-electron chi connectivity index (χ4n) is 6.48. The van der Waals surface area contributed by atoms with Gasteiger partial charge in [0.15, 0.2) is 0 Å².